The zero-order valence-corrected chi connectivity index (χ0v) is 16.9. The van der Waals surface area contributed by atoms with E-state index in [1.165, 1.54) is 6.92 Å². The SMILES string of the molecule is CC(=O)O[C@H]1C[C@@H](C)[C@](O)(CCc2ccoc2)[C@@]2(C)CCCC(C)(C)[C@H]12. The lowest BCUT2D eigenvalue weighted by Gasteiger charge is -2.64. The van der Waals surface area contributed by atoms with Crippen LogP contribution >= 0.6 is 0 Å². The third-order valence-electron chi connectivity index (χ3n) is 7.50. The van der Waals surface area contributed by atoms with Crippen molar-refractivity contribution in [2.75, 3.05) is 0 Å². The normalized spacial score (nSPS) is 39.2. The highest BCUT2D eigenvalue weighted by Gasteiger charge is 2.64. The molecule has 3 rings (SSSR count). The summed E-state index contributed by atoms with van der Waals surface area (Å²) in [6.45, 7) is 10.4. The van der Waals surface area contributed by atoms with Crippen molar-refractivity contribution in [1.82, 2.24) is 0 Å². The summed E-state index contributed by atoms with van der Waals surface area (Å²) in [6.07, 6.45) is 8.78. The first-order valence-corrected chi connectivity index (χ1v) is 10.0. The topological polar surface area (TPSA) is 59.7 Å². The van der Waals surface area contributed by atoms with E-state index in [-0.39, 0.29) is 34.7 Å². The first kappa shape index (κ1) is 19.5. The van der Waals surface area contributed by atoms with Gasteiger partial charge in [-0.15, -0.1) is 0 Å². The van der Waals surface area contributed by atoms with Crippen LogP contribution < -0.4 is 0 Å². The molecule has 0 aliphatic heterocycles. The molecule has 146 valence electrons. The van der Waals surface area contributed by atoms with Gasteiger partial charge in [-0.05, 0) is 55.1 Å². The molecule has 26 heavy (non-hydrogen) atoms. The first-order chi connectivity index (χ1) is 12.1. The fraction of sp³-hybridized carbons (Fsp3) is 0.773. The van der Waals surface area contributed by atoms with Gasteiger partial charge in [0.15, 0.2) is 0 Å². The van der Waals surface area contributed by atoms with Gasteiger partial charge in [-0.2, -0.15) is 0 Å². The van der Waals surface area contributed by atoms with Crippen LogP contribution in [0.3, 0.4) is 0 Å². The minimum Gasteiger partial charge on any atom is -0.472 e. The Balaban J connectivity index is 1.96. The van der Waals surface area contributed by atoms with Crippen molar-refractivity contribution in [3.05, 3.63) is 24.2 Å². The van der Waals surface area contributed by atoms with E-state index in [9.17, 15) is 9.90 Å². The lowest BCUT2D eigenvalue weighted by Crippen LogP contribution is -2.66. The molecule has 0 radical (unpaired) electrons. The number of esters is 1. The van der Waals surface area contributed by atoms with Crippen LogP contribution in [0.15, 0.2) is 23.0 Å². The summed E-state index contributed by atoms with van der Waals surface area (Å²) in [5.74, 6) is 0.0295. The van der Waals surface area contributed by atoms with Crippen LogP contribution in [-0.4, -0.2) is 22.8 Å². The molecule has 1 N–H and O–H groups in total. The Morgan fingerprint density at radius 1 is 1.35 bits per heavy atom. The van der Waals surface area contributed by atoms with E-state index in [4.69, 9.17) is 9.15 Å². The summed E-state index contributed by atoms with van der Waals surface area (Å²) in [5.41, 5.74) is 0.124. The Kier molecular flexibility index (Phi) is 5.02. The number of ether oxygens (including phenoxy) is 1. The van der Waals surface area contributed by atoms with Crippen LogP contribution in [0, 0.1) is 22.7 Å². The highest BCUT2D eigenvalue weighted by atomic mass is 16.5. The van der Waals surface area contributed by atoms with Crippen molar-refractivity contribution in [2.24, 2.45) is 22.7 Å². The Morgan fingerprint density at radius 3 is 2.69 bits per heavy atom. The molecule has 2 aliphatic carbocycles. The zero-order chi connectivity index (χ0) is 19.2. The third kappa shape index (κ3) is 3.11. The minimum atomic E-state index is -0.775. The van der Waals surface area contributed by atoms with Gasteiger partial charge in [-0.3, -0.25) is 4.79 Å². The molecule has 2 saturated carbocycles. The molecule has 4 nitrogen and oxygen atoms in total. The highest BCUT2D eigenvalue weighted by molar-refractivity contribution is 5.66. The predicted molar refractivity (Wildman–Crippen MR) is 101 cm³/mol. The van der Waals surface area contributed by atoms with Gasteiger partial charge < -0.3 is 14.3 Å². The van der Waals surface area contributed by atoms with E-state index in [1.54, 1.807) is 12.5 Å². The lowest BCUT2D eigenvalue weighted by atomic mass is 9.43. The molecule has 1 aromatic heterocycles. The van der Waals surface area contributed by atoms with E-state index < -0.39 is 5.60 Å². The van der Waals surface area contributed by atoms with Crippen LogP contribution in [0.1, 0.15) is 72.3 Å². The van der Waals surface area contributed by atoms with Gasteiger partial charge in [0.2, 0.25) is 0 Å². The van der Waals surface area contributed by atoms with Gasteiger partial charge in [-0.25, -0.2) is 0 Å². The van der Waals surface area contributed by atoms with Crippen molar-refractivity contribution in [3.8, 4) is 0 Å². The number of carbonyl (C=O) groups is 1. The zero-order valence-electron chi connectivity index (χ0n) is 16.9. The summed E-state index contributed by atoms with van der Waals surface area (Å²) in [4.78, 5) is 11.8. The molecule has 1 heterocycles. The highest BCUT2D eigenvalue weighted by Crippen LogP contribution is 2.64. The van der Waals surface area contributed by atoms with Gasteiger partial charge in [0.1, 0.15) is 6.10 Å². The van der Waals surface area contributed by atoms with Crippen molar-refractivity contribution < 1.29 is 19.1 Å². The number of carbonyl (C=O) groups excluding carboxylic acids is 1. The molecule has 4 heteroatoms. The molecule has 0 aromatic carbocycles. The van der Waals surface area contributed by atoms with E-state index >= 15 is 0 Å². The Bertz CT molecular complexity index is 635. The van der Waals surface area contributed by atoms with Gasteiger partial charge in [0.05, 0.1) is 18.1 Å². The minimum absolute atomic E-state index is 0.0386. The van der Waals surface area contributed by atoms with Crippen LogP contribution in [0.2, 0.25) is 0 Å². The molecule has 1 aromatic rings. The maximum atomic E-state index is 12.0. The van der Waals surface area contributed by atoms with Crippen LogP contribution in [-0.2, 0) is 16.0 Å². The van der Waals surface area contributed by atoms with Crippen molar-refractivity contribution in [2.45, 2.75) is 84.8 Å². The maximum absolute atomic E-state index is 12.0. The van der Waals surface area contributed by atoms with Crippen LogP contribution in [0.25, 0.3) is 0 Å². The number of fused-ring (bicyclic) bond motifs is 1. The second-order valence-electron chi connectivity index (χ2n) is 9.58. The summed E-state index contributed by atoms with van der Waals surface area (Å²) >= 11 is 0. The summed E-state index contributed by atoms with van der Waals surface area (Å²) in [7, 11) is 0. The molecule has 0 saturated heterocycles. The smallest absolute Gasteiger partial charge is 0.302 e. The Hall–Kier alpha value is -1.29. The molecule has 5 atom stereocenters. The number of hydrogen-bond donors (Lipinski definition) is 1. The number of furan rings is 1. The molecular formula is C22H34O4. The second-order valence-corrected chi connectivity index (χ2v) is 9.58. The van der Waals surface area contributed by atoms with Gasteiger partial charge in [-0.1, -0.05) is 34.1 Å². The van der Waals surface area contributed by atoms with Crippen molar-refractivity contribution >= 4 is 5.97 Å². The maximum Gasteiger partial charge on any atom is 0.302 e. The van der Waals surface area contributed by atoms with Crippen LogP contribution in [0.4, 0.5) is 0 Å². The first-order valence-electron chi connectivity index (χ1n) is 10.0. The number of aliphatic hydroxyl groups is 1. The monoisotopic (exact) mass is 362 g/mol. The second kappa shape index (κ2) is 6.70. The lowest BCUT2D eigenvalue weighted by molar-refractivity contribution is -0.249. The molecule has 0 bridgehead atoms. The van der Waals surface area contributed by atoms with Crippen molar-refractivity contribution in [3.63, 3.8) is 0 Å². The standard InChI is InChI=1S/C22H34O4/c1-15-13-18(26-16(2)23)19-20(3,4)9-6-10-21(19,5)22(15,24)11-7-17-8-12-25-14-17/h8,12,14-15,18-19,24H,6-7,9-11,13H2,1-5H3/t15-,18+,19+,21+,22-/m1/s1. The largest absolute Gasteiger partial charge is 0.472 e. The Morgan fingerprint density at radius 2 is 2.08 bits per heavy atom. The quantitative estimate of drug-likeness (QED) is 0.786. The van der Waals surface area contributed by atoms with E-state index in [2.05, 4.69) is 27.7 Å². The Labute approximate surface area is 157 Å². The molecule has 2 fully saturated rings. The van der Waals surface area contributed by atoms with Crippen molar-refractivity contribution in [1.29, 1.82) is 0 Å². The van der Waals surface area contributed by atoms with Gasteiger partial charge in [0.25, 0.3) is 0 Å². The van der Waals surface area contributed by atoms with Gasteiger partial charge >= 0.3 is 5.97 Å². The molecule has 0 spiro atoms. The number of hydrogen-bond acceptors (Lipinski definition) is 4. The van der Waals surface area contributed by atoms with Gasteiger partial charge in [0, 0.05) is 18.3 Å². The van der Waals surface area contributed by atoms with E-state index in [0.717, 1.165) is 37.7 Å². The molecule has 0 unspecified atom stereocenters. The third-order valence-corrected chi connectivity index (χ3v) is 7.50. The van der Waals surface area contributed by atoms with Crippen LogP contribution in [0.5, 0.6) is 0 Å². The fourth-order valence-corrected chi connectivity index (χ4v) is 6.36. The average molecular weight is 363 g/mol. The fourth-order valence-electron chi connectivity index (χ4n) is 6.36. The van der Waals surface area contributed by atoms with E-state index in [1.807, 2.05) is 6.07 Å². The summed E-state index contributed by atoms with van der Waals surface area (Å²) in [6, 6.07) is 1.98. The summed E-state index contributed by atoms with van der Waals surface area (Å²) in [5, 5.41) is 12.0. The average Bonchev–Trinajstić information content (AvgIpc) is 3.03. The molecular weight excluding hydrogens is 328 g/mol. The predicted octanol–water partition coefficient (Wildman–Crippen LogP) is 4.75. The number of rotatable bonds is 4. The molecule has 0 amide bonds. The van der Waals surface area contributed by atoms with E-state index in [0.29, 0.717) is 6.42 Å². The molecule has 2 aliphatic rings. The summed E-state index contributed by atoms with van der Waals surface area (Å²) < 4.78 is 11.0. The number of aryl methyl sites for hydroxylation is 1.